The third-order valence-corrected chi connectivity index (χ3v) is 8.51. The van der Waals surface area contributed by atoms with Gasteiger partial charge < -0.3 is 15.5 Å². The highest BCUT2D eigenvalue weighted by atomic mass is 32.2. The molecule has 0 saturated heterocycles. The first kappa shape index (κ1) is 40.8. The van der Waals surface area contributed by atoms with E-state index in [1.54, 1.807) is 6.08 Å². The summed E-state index contributed by atoms with van der Waals surface area (Å²) in [6.07, 6.45) is 30.9. The molecule has 0 spiro atoms. The summed E-state index contributed by atoms with van der Waals surface area (Å²) in [5.74, 6) is -1.55. The van der Waals surface area contributed by atoms with Crippen molar-refractivity contribution in [2.24, 2.45) is 0 Å². The Morgan fingerprint density at radius 1 is 0.643 bits per heavy atom. The van der Waals surface area contributed by atoms with Gasteiger partial charge in [-0.05, 0) is 38.5 Å². The quantitative estimate of drug-likeness (QED) is 0.0367. The summed E-state index contributed by atoms with van der Waals surface area (Å²) in [7, 11) is -4.43. The molecule has 0 saturated carbocycles. The number of nitrogens with one attached hydrogen (secondary N) is 1. The van der Waals surface area contributed by atoms with E-state index in [2.05, 4.69) is 31.3 Å². The maximum absolute atomic E-state index is 12.5. The van der Waals surface area contributed by atoms with E-state index in [9.17, 15) is 28.0 Å². The van der Waals surface area contributed by atoms with Gasteiger partial charge in [0.1, 0.15) is 6.10 Å². The molecule has 0 bridgehead atoms. The number of aliphatic hydroxyl groups excluding tert-OH is 2. The van der Waals surface area contributed by atoms with Crippen LogP contribution in [0.2, 0.25) is 0 Å². The van der Waals surface area contributed by atoms with Gasteiger partial charge in [0, 0.05) is 0 Å². The normalized spacial score (nSPS) is 14.5. The Morgan fingerprint density at radius 2 is 1.07 bits per heavy atom. The van der Waals surface area contributed by atoms with Crippen LogP contribution >= 0.6 is 0 Å². The average Bonchev–Trinajstić information content (AvgIpc) is 2.94. The van der Waals surface area contributed by atoms with Gasteiger partial charge in [-0.25, -0.2) is 0 Å². The van der Waals surface area contributed by atoms with E-state index in [1.807, 2.05) is 0 Å². The standard InChI is InChI=1S/C34H65NO6S/c1-3-5-7-9-11-13-15-16-17-18-19-21-22-24-26-28-32(36)31(30-42(39,40)41)35-34(38)33(37)29-27-25-23-20-14-12-10-8-6-4-2/h10,12,26,28,31-33,36-37H,3-9,11,13-25,27,29-30H2,1-2H3,(H,35,38)(H,39,40,41)/b12-10-,28-26+. The van der Waals surface area contributed by atoms with Crippen LogP contribution in [0.5, 0.6) is 0 Å². The lowest BCUT2D eigenvalue weighted by atomic mass is 10.0. The molecule has 0 fully saturated rings. The molecule has 0 aliphatic carbocycles. The van der Waals surface area contributed by atoms with Crippen LogP contribution < -0.4 is 5.32 Å². The third kappa shape index (κ3) is 27.6. The topological polar surface area (TPSA) is 124 Å². The number of amides is 1. The van der Waals surface area contributed by atoms with Gasteiger partial charge in [0.25, 0.3) is 10.1 Å². The van der Waals surface area contributed by atoms with E-state index < -0.39 is 40.0 Å². The van der Waals surface area contributed by atoms with Gasteiger partial charge in [0.2, 0.25) is 5.91 Å². The number of aliphatic hydroxyl groups is 2. The van der Waals surface area contributed by atoms with Crippen molar-refractivity contribution < 1.29 is 28.0 Å². The molecule has 0 aliphatic heterocycles. The molecule has 0 radical (unpaired) electrons. The summed E-state index contributed by atoms with van der Waals surface area (Å²) < 4.78 is 32.3. The van der Waals surface area contributed by atoms with E-state index in [0.717, 1.165) is 51.4 Å². The Kier molecular flexibility index (Phi) is 27.7. The first-order chi connectivity index (χ1) is 20.2. The Morgan fingerprint density at radius 3 is 1.57 bits per heavy atom. The fourth-order valence-electron chi connectivity index (χ4n) is 5.02. The largest absolute Gasteiger partial charge is 0.387 e. The zero-order valence-corrected chi connectivity index (χ0v) is 27.8. The van der Waals surface area contributed by atoms with Crippen LogP contribution in [-0.4, -0.2) is 53.1 Å². The Balaban J connectivity index is 4.18. The van der Waals surface area contributed by atoms with Crippen molar-refractivity contribution in [2.45, 2.75) is 180 Å². The molecule has 0 aromatic heterocycles. The van der Waals surface area contributed by atoms with Gasteiger partial charge in [-0.15, -0.1) is 0 Å². The van der Waals surface area contributed by atoms with Gasteiger partial charge in [0.15, 0.2) is 0 Å². The predicted octanol–water partition coefficient (Wildman–Crippen LogP) is 8.21. The van der Waals surface area contributed by atoms with Crippen molar-refractivity contribution >= 4 is 16.0 Å². The molecule has 1 amide bonds. The summed E-state index contributed by atoms with van der Waals surface area (Å²) in [6.45, 7) is 4.43. The third-order valence-electron chi connectivity index (χ3n) is 7.73. The van der Waals surface area contributed by atoms with Crippen molar-refractivity contribution in [3.8, 4) is 0 Å². The molecule has 0 aromatic carbocycles. The number of unbranched alkanes of at least 4 members (excludes halogenated alkanes) is 19. The van der Waals surface area contributed by atoms with Crippen molar-refractivity contribution in [1.29, 1.82) is 0 Å². The molecular formula is C34H65NO6S. The second-order valence-electron chi connectivity index (χ2n) is 11.9. The SMILES string of the molecule is CCCC/C=C\CCCCCCC(O)C(=O)NC(CS(=O)(=O)O)C(O)/C=C/CCCCCCCCCCCCCCC. The molecule has 3 atom stereocenters. The predicted molar refractivity (Wildman–Crippen MR) is 176 cm³/mol. The maximum Gasteiger partial charge on any atom is 0.267 e. The Bertz CT molecular complexity index is 783. The number of rotatable bonds is 30. The molecule has 7 nitrogen and oxygen atoms in total. The van der Waals surface area contributed by atoms with Crippen LogP contribution in [0.3, 0.4) is 0 Å². The van der Waals surface area contributed by atoms with Gasteiger partial charge in [-0.1, -0.05) is 147 Å². The summed E-state index contributed by atoms with van der Waals surface area (Å²) in [5, 5.41) is 23.2. The van der Waals surface area contributed by atoms with Crippen molar-refractivity contribution in [2.75, 3.05) is 5.75 Å². The minimum Gasteiger partial charge on any atom is -0.387 e. The highest BCUT2D eigenvalue weighted by Crippen LogP contribution is 2.14. The Hall–Kier alpha value is -1.22. The van der Waals surface area contributed by atoms with Gasteiger partial charge in [-0.3, -0.25) is 9.35 Å². The van der Waals surface area contributed by atoms with E-state index in [4.69, 9.17) is 0 Å². The molecule has 8 heteroatoms. The summed E-state index contributed by atoms with van der Waals surface area (Å²) in [4.78, 5) is 12.5. The van der Waals surface area contributed by atoms with E-state index in [1.165, 1.54) is 89.5 Å². The zero-order chi connectivity index (χ0) is 31.3. The van der Waals surface area contributed by atoms with Gasteiger partial charge >= 0.3 is 0 Å². The molecular weight excluding hydrogens is 550 g/mol. The number of carbonyl (C=O) groups excluding carboxylic acids is 1. The summed E-state index contributed by atoms with van der Waals surface area (Å²) in [6, 6.07) is -1.23. The zero-order valence-electron chi connectivity index (χ0n) is 27.0. The molecule has 4 N–H and O–H groups in total. The monoisotopic (exact) mass is 615 g/mol. The molecule has 42 heavy (non-hydrogen) atoms. The highest BCUT2D eigenvalue weighted by Gasteiger charge is 2.27. The molecule has 0 rings (SSSR count). The van der Waals surface area contributed by atoms with Gasteiger partial charge in [0.05, 0.1) is 17.9 Å². The fourth-order valence-corrected chi connectivity index (χ4v) is 5.76. The molecule has 0 heterocycles. The van der Waals surface area contributed by atoms with Crippen LogP contribution in [0.1, 0.15) is 162 Å². The van der Waals surface area contributed by atoms with Crippen LogP contribution in [-0.2, 0) is 14.9 Å². The minimum absolute atomic E-state index is 0.266. The first-order valence-electron chi connectivity index (χ1n) is 17.1. The average molecular weight is 616 g/mol. The second kappa shape index (κ2) is 28.5. The Labute approximate surface area is 258 Å². The lowest BCUT2D eigenvalue weighted by Crippen LogP contribution is -2.50. The summed E-state index contributed by atoms with van der Waals surface area (Å²) >= 11 is 0. The fraction of sp³-hybridized carbons (Fsp3) is 0.853. The van der Waals surface area contributed by atoms with Crippen LogP contribution in [0.25, 0.3) is 0 Å². The second-order valence-corrected chi connectivity index (χ2v) is 13.4. The van der Waals surface area contributed by atoms with Crippen LogP contribution in [0.4, 0.5) is 0 Å². The van der Waals surface area contributed by atoms with Crippen molar-refractivity contribution in [3.05, 3.63) is 24.3 Å². The van der Waals surface area contributed by atoms with E-state index >= 15 is 0 Å². The summed E-state index contributed by atoms with van der Waals surface area (Å²) in [5.41, 5.74) is 0. The highest BCUT2D eigenvalue weighted by molar-refractivity contribution is 7.85. The number of allylic oxidation sites excluding steroid dienone is 3. The molecule has 248 valence electrons. The molecule has 0 aliphatic rings. The number of hydrogen-bond donors (Lipinski definition) is 4. The molecule has 0 aromatic rings. The number of carbonyl (C=O) groups is 1. The lowest BCUT2D eigenvalue weighted by molar-refractivity contribution is -0.130. The van der Waals surface area contributed by atoms with Gasteiger partial charge in [-0.2, -0.15) is 8.42 Å². The van der Waals surface area contributed by atoms with Crippen molar-refractivity contribution in [3.63, 3.8) is 0 Å². The lowest BCUT2D eigenvalue weighted by Gasteiger charge is -2.22. The van der Waals surface area contributed by atoms with Crippen LogP contribution in [0, 0.1) is 0 Å². The van der Waals surface area contributed by atoms with E-state index in [-0.39, 0.29) is 6.42 Å². The van der Waals surface area contributed by atoms with Crippen LogP contribution in [0.15, 0.2) is 24.3 Å². The van der Waals surface area contributed by atoms with E-state index in [0.29, 0.717) is 6.42 Å². The molecule has 3 unspecified atom stereocenters. The number of hydrogen-bond acceptors (Lipinski definition) is 5. The maximum atomic E-state index is 12.5. The minimum atomic E-state index is -4.43. The van der Waals surface area contributed by atoms with Crippen molar-refractivity contribution in [1.82, 2.24) is 5.32 Å². The smallest absolute Gasteiger partial charge is 0.267 e. The first-order valence-corrected chi connectivity index (χ1v) is 18.8.